The van der Waals surface area contributed by atoms with Gasteiger partial charge in [0.2, 0.25) is 0 Å². The lowest BCUT2D eigenvalue weighted by molar-refractivity contribution is -0.146. The molecule has 0 aliphatic carbocycles. The molecule has 0 amide bonds. The predicted molar refractivity (Wildman–Crippen MR) is 108 cm³/mol. The second-order valence-corrected chi connectivity index (χ2v) is 7.29. The van der Waals surface area contributed by atoms with E-state index < -0.39 is 0 Å². The fraction of sp³-hybridized carbons (Fsp3) is 0.864. The predicted octanol–water partition coefficient (Wildman–Crippen LogP) is 5.31. The number of carbonyl (C=O) groups excluding carboxylic acids is 1. The minimum absolute atomic E-state index is 0.0945. The number of rotatable bonds is 18. The third-order valence-electron chi connectivity index (χ3n) is 4.92. The standard InChI is InChI=1S/C22H42O4/c1-3-20(2)22(25)26-21(19-24)17-15-13-11-9-7-5-4-6-8-10-12-14-16-18-23/h3,21,23-24H,4-19H2,1-2H3. The van der Waals surface area contributed by atoms with Crippen LogP contribution in [0.15, 0.2) is 11.6 Å². The molecule has 0 aromatic heterocycles. The van der Waals surface area contributed by atoms with Crippen molar-refractivity contribution in [2.75, 3.05) is 13.2 Å². The highest BCUT2D eigenvalue weighted by molar-refractivity contribution is 5.87. The van der Waals surface area contributed by atoms with E-state index in [0.29, 0.717) is 12.2 Å². The SMILES string of the molecule is CC=C(C)C(=O)OC(CO)CCCCCCCCCCCCCCCO. The fourth-order valence-electron chi connectivity index (χ4n) is 2.98. The number of hydrogen-bond acceptors (Lipinski definition) is 4. The minimum atomic E-state index is -0.366. The van der Waals surface area contributed by atoms with E-state index in [1.54, 1.807) is 13.0 Å². The maximum absolute atomic E-state index is 11.7. The summed E-state index contributed by atoms with van der Waals surface area (Å²) in [4.78, 5) is 11.7. The molecule has 1 atom stereocenters. The molecule has 0 bridgehead atoms. The molecule has 0 aliphatic heterocycles. The average Bonchev–Trinajstić information content (AvgIpc) is 2.66. The first kappa shape index (κ1) is 25.1. The van der Waals surface area contributed by atoms with Gasteiger partial charge in [-0.2, -0.15) is 0 Å². The van der Waals surface area contributed by atoms with Crippen molar-refractivity contribution in [3.8, 4) is 0 Å². The molecule has 0 aromatic rings. The molecule has 0 radical (unpaired) electrons. The number of hydrogen-bond donors (Lipinski definition) is 2. The van der Waals surface area contributed by atoms with Gasteiger partial charge in [-0.15, -0.1) is 0 Å². The number of allylic oxidation sites excluding steroid dienone is 1. The zero-order chi connectivity index (χ0) is 19.5. The average molecular weight is 371 g/mol. The molecule has 0 heterocycles. The first-order chi connectivity index (χ1) is 12.7. The highest BCUT2D eigenvalue weighted by atomic mass is 16.6. The Hall–Kier alpha value is -0.870. The van der Waals surface area contributed by atoms with Crippen LogP contribution in [0.3, 0.4) is 0 Å². The van der Waals surface area contributed by atoms with Gasteiger partial charge in [-0.25, -0.2) is 4.79 Å². The molecule has 154 valence electrons. The molecule has 0 saturated heterocycles. The lowest BCUT2D eigenvalue weighted by Crippen LogP contribution is -2.22. The van der Waals surface area contributed by atoms with Gasteiger partial charge in [0.25, 0.3) is 0 Å². The third-order valence-corrected chi connectivity index (χ3v) is 4.92. The normalized spacial score (nSPS) is 13.0. The molecular formula is C22H42O4. The van der Waals surface area contributed by atoms with E-state index in [1.165, 1.54) is 64.2 Å². The van der Waals surface area contributed by atoms with Crippen LogP contribution < -0.4 is 0 Å². The Kier molecular flexibility index (Phi) is 18.3. The lowest BCUT2D eigenvalue weighted by atomic mass is 10.0. The Labute approximate surface area is 161 Å². The second kappa shape index (κ2) is 18.9. The van der Waals surface area contributed by atoms with Crippen molar-refractivity contribution in [2.45, 2.75) is 110 Å². The van der Waals surface area contributed by atoms with E-state index in [2.05, 4.69) is 0 Å². The van der Waals surface area contributed by atoms with Crippen molar-refractivity contribution in [3.05, 3.63) is 11.6 Å². The summed E-state index contributed by atoms with van der Waals surface area (Å²) in [5.41, 5.74) is 0.591. The second-order valence-electron chi connectivity index (χ2n) is 7.29. The minimum Gasteiger partial charge on any atom is -0.457 e. The number of aliphatic hydroxyl groups is 2. The first-order valence-corrected chi connectivity index (χ1v) is 10.7. The van der Waals surface area contributed by atoms with Gasteiger partial charge in [-0.05, 0) is 33.1 Å². The summed E-state index contributed by atoms with van der Waals surface area (Å²) in [5.74, 6) is -0.319. The van der Waals surface area contributed by atoms with Crippen LogP contribution in [0.1, 0.15) is 104 Å². The van der Waals surface area contributed by atoms with Gasteiger partial charge >= 0.3 is 5.97 Å². The van der Waals surface area contributed by atoms with Gasteiger partial charge < -0.3 is 14.9 Å². The molecule has 1 unspecified atom stereocenters. The van der Waals surface area contributed by atoms with Crippen LogP contribution in [-0.4, -0.2) is 35.5 Å². The number of aliphatic hydroxyl groups excluding tert-OH is 2. The van der Waals surface area contributed by atoms with Crippen LogP contribution in [0.2, 0.25) is 0 Å². The zero-order valence-corrected chi connectivity index (χ0v) is 17.2. The maximum Gasteiger partial charge on any atom is 0.333 e. The van der Waals surface area contributed by atoms with Crippen molar-refractivity contribution in [1.82, 2.24) is 0 Å². The molecule has 2 N–H and O–H groups in total. The number of unbranched alkanes of at least 4 members (excludes halogenated alkanes) is 12. The summed E-state index contributed by atoms with van der Waals surface area (Å²) in [5, 5.41) is 18.0. The molecule has 4 nitrogen and oxygen atoms in total. The smallest absolute Gasteiger partial charge is 0.333 e. The van der Waals surface area contributed by atoms with Crippen LogP contribution in [0.4, 0.5) is 0 Å². The van der Waals surface area contributed by atoms with Crippen molar-refractivity contribution in [1.29, 1.82) is 0 Å². The van der Waals surface area contributed by atoms with E-state index in [4.69, 9.17) is 9.84 Å². The maximum atomic E-state index is 11.7. The number of ether oxygens (including phenoxy) is 1. The Balaban J connectivity index is 3.40. The molecule has 0 aliphatic rings. The monoisotopic (exact) mass is 370 g/mol. The molecule has 0 saturated carbocycles. The van der Waals surface area contributed by atoms with Crippen molar-refractivity contribution < 1.29 is 19.7 Å². The number of esters is 1. The van der Waals surface area contributed by atoms with Crippen LogP contribution >= 0.6 is 0 Å². The molecule has 4 heteroatoms. The van der Waals surface area contributed by atoms with Crippen molar-refractivity contribution >= 4 is 5.97 Å². The Morgan fingerprint density at radius 3 is 1.62 bits per heavy atom. The first-order valence-electron chi connectivity index (χ1n) is 10.7. The largest absolute Gasteiger partial charge is 0.457 e. The number of carbonyl (C=O) groups is 1. The summed E-state index contributed by atoms with van der Waals surface area (Å²) in [6.07, 6.45) is 18.1. The van der Waals surface area contributed by atoms with E-state index in [9.17, 15) is 9.90 Å². The highest BCUT2D eigenvalue weighted by Crippen LogP contribution is 2.14. The summed E-state index contributed by atoms with van der Waals surface area (Å²) in [6.45, 7) is 3.78. The Bertz CT molecular complexity index is 352. The van der Waals surface area contributed by atoms with E-state index in [0.717, 1.165) is 25.7 Å². The molecular weight excluding hydrogens is 328 g/mol. The van der Waals surface area contributed by atoms with Gasteiger partial charge in [0.05, 0.1) is 6.61 Å². The van der Waals surface area contributed by atoms with E-state index in [1.807, 2.05) is 6.92 Å². The third kappa shape index (κ3) is 15.4. The van der Waals surface area contributed by atoms with Crippen LogP contribution in [-0.2, 0) is 9.53 Å². The van der Waals surface area contributed by atoms with Crippen LogP contribution in [0.25, 0.3) is 0 Å². The summed E-state index contributed by atoms with van der Waals surface area (Å²) >= 11 is 0. The molecule has 26 heavy (non-hydrogen) atoms. The van der Waals surface area contributed by atoms with Gasteiger partial charge in [-0.3, -0.25) is 0 Å². The van der Waals surface area contributed by atoms with Crippen molar-refractivity contribution in [3.63, 3.8) is 0 Å². The fourth-order valence-corrected chi connectivity index (χ4v) is 2.98. The Morgan fingerprint density at radius 1 is 0.808 bits per heavy atom. The van der Waals surface area contributed by atoms with Gasteiger partial charge in [0.15, 0.2) is 0 Å². The molecule has 0 aromatic carbocycles. The topological polar surface area (TPSA) is 66.8 Å². The molecule has 0 fully saturated rings. The van der Waals surface area contributed by atoms with Gasteiger partial charge in [0, 0.05) is 12.2 Å². The molecule has 0 rings (SSSR count). The summed E-state index contributed by atoms with van der Waals surface area (Å²) < 4.78 is 5.30. The quantitative estimate of drug-likeness (QED) is 0.195. The highest BCUT2D eigenvalue weighted by Gasteiger charge is 2.14. The molecule has 0 spiro atoms. The van der Waals surface area contributed by atoms with Gasteiger partial charge in [-0.1, -0.05) is 76.7 Å². The lowest BCUT2D eigenvalue weighted by Gasteiger charge is -2.15. The summed E-state index contributed by atoms with van der Waals surface area (Å²) in [7, 11) is 0. The van der Waals surface area contributed by atoms with E-state index in [-0.39, 0.29) is 18.7 Å². The van der Waals surface area contributed by atoms with Crippen molar-refractivity contribution in [2.24, 2.45) is 0 Å². The Morgan fingerprint density at radius 2 is 1.23 bits per heavy atom. The summed E-state index contributed by atoms with van der Waals surface area (Å²) in [6, 6.07) is 0. The zero-order valence-electron chi connectivity index (χ0n) is 17.2. The van der Waals surface area contributed by atoms with Crippen LogP contribution in [0, 0.1) is 0 Å². The van der Waals surface area contributed by atoms with Crippen LogP contribution in [0.5, 0.6) is 0 Å². The van der Waals surface area contributed by atoms with Gasteiger partial charge in [0.1, 0.15) is 6.10 Å². The van der Waals surface area contributed by atoms with E-state index >= 15 is 0 Å².